The predicted octanol–water partition coefficient (Wildman–Crippen LogP) is 3.38. The van der Waals surface area contributed by atoms with Gasteiger partial charge in [-0.1, -0.05) is 59.8 Å². The summed E-state index contributed by atoms with van der Waals surface area (Å²) in [4.78, 5) is 31.4. The number of carbonyl (C=O) groups is 2. The van der Waals surface area contributed by atoms with E-state index < -0.39 is 5.97 Å². The van der Waals surface area contributed by atoms with Gasteiger partial charge in [0.25, 0.3) is 5.91 Å². The lowest BCUT2D eigenvalue weighted by Crippen LogP contribution is -2.25. The quantitative estimate of drug-likeness (QED) is 0.535. The van der Waals surface area contributed by atoms with E-state index in [2.05, 4.69) is 5.16 Å². The van der Waals surface area contributed by atoms with Gasteiger partial charge in [0.05, 0.1) is 11.3 Å². The van der Waals surface area contributed by atoms with Gasteiger partial charge in [0.2, 0.25) is 0 Å². The summed E-state index contributed by atoms with van der Waals surface area (Å²) in [7, 11) is 1.66. The third-order valence-corrected chi connectivity index (χ3v) is 4.26. The maximum absolute atomic E-state index is 12.5. The number of fused-ring (bicyclic) bond motifs is 2. The van der Waals surface area contributed by atoms with Crippen molar-refractivity contribution in [3.8, 4) is 0 Å². The predicted molar refractivity (Wildman–Crippen MR) is 95.8 cm³/mol. The molecule has 0 aromatic heterocycles. The fourth-order valence-electron chi connectivity index (χ4n) is 2.98. The minimum absolute atomic E-state index is 0.131. The van der Waals surface area contributed by atoms with Crippen molar-refractivity contribution in [1.82, 2.24) is 0 Å². The van der Waals surface area contributed by atoms with Crippen LogP contribution in [0, 0.1) is 0 Å². The highest BCUT2D eigenvalue weighted by molar-refractivity contribution is 6.54. The molecule has 0 unspecified atom stereocenters. The van der Waals surface area contributed by atoms with Gasteiger partial charge in [-0.15, -0.1) is 0 Å². The van der Waals surface area contributed by atoms with Crippen molar-refractivity contribution in [3.05, 3.63) is 77.9 Å². The van der Waals surface area contributed by atoms with E-state index in [0.717, 1.165) is 16.5 Å². The molecule has 3 aromatic carbocycles. The van der Waals surface area contributed by atoms with Crippen LogP contribution >= 0.6 is 0 Å². The second kappa shape index (κ2) is 5.87. The van der Waals surface area contributed by atoms with Crippen LogP contribution < -0.4 is 4.90 Å². The first kappa shape index (κ1) is 15.1. The first-order valence-corrected chi connectivity index (χ1v) is 7.81. The molecule has 0 radical (unpaired) electrons. The van der Waals surface area contributed by atoms with Gasteiger partial charge in [0, 0.05) is 12.6 Å². The summed E-state index contributed by atoms with van der Waals surface area (Å²) in [6, 6.07) is 20.2. The maximum Gasteiger partial charge on any atom is 0.366 e. The number of oxime groups is 1. The molecule has 5 nitrogen and oxygen atoms in total. The summed E-state index contributed by atoms with van der Waals surface area (Å²) in [6.07, 6.45) is 0. The third kappa shape index (κ3) is 2.46. The summed E-state index contributed by atoms with van der Waals surface area (Å²) in [5, 5.41) is 5.57. The molecule has 1 aliphatic rings. The van der Waals surface area contributed by atoms with E-state index in [1.807, 2.05) is 48.5 Å². The zero-order chi connectivity index (χ0) is 17.4. The second-order valence-corrected chi connectivity index (χ2v) is 5.73. The molecule has 3 aromatic rings. The number of benzene rings is 3. The van der Waals surface area contributed by atoms with Crippen molar-refractivity contribution >= 4 is 34.0 Å². The molecule has 1 heterocycles. The van der Waals surface area contributed by atoms with E-state index in [-0.39, 0.29) is 11.6 Å². The van der Waals surface area contributed by atoms with Crippen LogP contribution in [0.15, 0.2) is 71.9 Å². The van der Waals surface area contributed by atoms with Crippen LogP contribution in [0.4, 0.5) is 5.69 Å². The SMILES string of the molecule is CN1C(=O)/C(=N/OC(=O)c2cccc3ccccc23)c2ccccc21. The molecular weight excluding hydrogens is 316 g/mol. The topological polar surface area (TPSA) is 59.0 Å². The first-order chi connectivity index (χ1) is 12.2. The molecule has 25 heavy (non-hydrogen) atoms. The van der Waals surface area contributed by atoms with Gasteiger partial charge in [-0.25, -0.2) is 4.79 Å². The highest BCUT2D eigenvalue weighted by atomic mass is 16.7. The standard InChI is InChI=1S/C20H14N2O3/c1-22-17-12-5-4-10-16(17)18(19(22)23)21-25-20(24)15-11-6-8-13-7-2-3-9-14(13)15/h2-12H,1H3/b21-18+. The molecule has 0 N–H and O–H groups in total. The van der Waals surface area contributed by atoms with Gasteiger partial charge in [-0.2, -0.15) is 0 Å². The van der Waals surface area contributed by atoms with Crippen LogP contribution in [0.1, 0.15) is 15.9 Å². The Hall–Kier alpha value is -3.47. The number of para-hydroxylation sites is 1. The molecule has 0 saturated carbocycles. The fraction of sp³-hybridized carbons (Fsp3) is 0.0500. The normalized spacial score (nSPS) is 14.8. The van der Waals surface area contributed by atoms with Crippen molar-refractivity contribution in [2.45, 2.75) is 0 Å². The molecule has 5 heteroatoms. The summed E-state index contributed by atoms with van der Waals surface area (Å²) in [5.74, 6) is -0.893. The zero-order valence-corrected chi connectivity index (χ0v) is 13.5. The molecular formula is C20H14N2O3. The average molecular weight is 330 g/mol. The van der Waals surface area contributed by atoms with Gasteiger partial charge >= 0.3 is 5.97 Å². The minimum atomic E-state index is -0.593. The van der Waals surface area contributed by atoms with Gasteiger partial charge in [0.15, 0.2) is 5.71 Å². The number of nitrogens with zero attached hydrogens (tertiary/aromatic N) is 2. The van der Waals surface area contributed by atoms with Crippen LogP contribution in [-0.4, -0.2) is 24.6 Å². The Balaban J connectivity index is 1.68. The molecule has 4 rings (SSSR count). The van der Waals surface area contributed by atoms with E-state index in [4.69, 9.17) is 4.84 Å². The second-order valence-electron chi connectivity index (χ2n) is 5.73. The third-order valence-electron chi connectivity index (χ3n) is 4.26. The van der Waals surface area contributed by atoms with Crippen molar-refractivity contribution in [1.29, 1.82) is 0 Å². The smallest absolute Gasteiger partial charge is 0.312 e. The Kier molecular flexibility index (Phi) is 3.54. The van der Waals surface area contributed by atoms with E-state index >= 15 is 0 Å². The van der Waals surface area contributed by atoms with Gasteiger partial charge in [-0.3, -0.25) is 4.79 Å². The lowest BCUT2D eigenvalue weighted by Gasteiger charge is -2.07. The highest BCUT2D eigenvalue weighted by Gasteiger charge is 2.32. The Morgan fingerprint density at radius 1 is 0.960 bits per heavy atom. The minimum Gasteiger partial charge on any atom is -0.312 e. The highest BCUT2D eigenvalue weighted by Crippen LogP contribution is 2.28. The molecule has 0 spiro atoms. The summed E-state index contributed by atoms with van der Waals surface area (Å²) < 4.78 is 0. The van der Waals surface area contributed by atoms with Crippen molar-refractivity contribution in [3.63, 3.8) is 0 Å². The largest absolute Gasteiger partial charge is 0.366 e. The van der Waals surface area contributed by atoms with E-state index in [0.29, 0.717) is 11.1 Å². The molecule has 1 aliphatic heterocycles. The van der Waals surface area contributed by atoms with Gasteiger partial charge in [0.1, 0.15) is 0 Å². The molecule has 1 amide bonds. The molecule has 0 aliphatic carbocycles. The molecule has 0 bridgehead atoms. The van der Waals surface area contributed by atoms with E-state index in [9.17, 15) is 9.59 Å². The van der Waals surface area contributed by atoms with Crippen LogP contribution in [0.25, 0.3) is 10.8 Å². The Labute approximate surface area is 144 Å². The molecule has 0 atom stereocenters. The number of likely N-dealkylation sites (N-methyl/N-ethyl adjacent to an activating group) is 1. The first-order valence-electron chi connectivity index (χ1n) is 7.81. The van der Waals surface area contributed by atoms with E-state index in [1.165, 1.54) is 4.90 Å². The van der Waals surface area contributed by atoms with Crippen LogP contribution in [0.3, 0.4) is 0 Å². The fourth-order valence-corrected chi connectivity index (χ4v) is 2.98. The molecule has 0 saturated heterocycles. The van der Waals surface area contributed by atoms with E-state index in [1.54, 1.807) is 25.2 Å². The Morgan fingerprint density at radius 3 is 2.56 bits per heavy atom. The van der Waals surface area contributed by atoms with Crippen molar-refractivity contribution < 1.29 is 14.4 Å². The number of anilines is 1. The summed E-state index contributed by atoms with van der Waals surface area (Å²) >= 11 is 0. The molecule has 122 valence electrons. The lowest BCUT2D eigenvalue weighted by molar-refractivity contribution is -0.112. The maximum atomic E-state index is 12.5. The Bertz CT molecular complexity index is 1030. The van der Waals surface area contributed by atoms with Crippen molar-refractivity contribution in [2.24, 2.45) is 5.16 Å². The van der Waals surface area contributed by atoms with Crippen molar-refractivity contribution in [2.75, 3.05) is 11.9 Å². The van der Waals surface area contributed by atoms with Crippen LogP contribution in [-0.2, 0) is 9.63 Å². The van der Waals surface area contributed by atoms with Crippen LogP contribution in [0.2, 0.25) is 0 Å². The number of rotatable bonds is 2. The number of amides is 1. The van der Waals surface area contributed by atoms with Crippen LogP contribution in [0.5, 0.6) is 0 Å². The lowest BCUT2D eigenvalue weighted by atomic mass is 10.1. The Morgan fingerprint density at radius 2 is 1.68 bits per heavy atom. The van der Waals surface area contributed by atoms with Gasteiger partial charge < -0.3 is 9.74 Å². The monoisotopic (exact) mass is 330 g/mol. The molecule has 0 fully saturated rings. The number of hydrogen-bond acceptors (Lipinski definition) is 4. The summed E-state index contributed by atoms with van der Waals surface area (Å²) in [5.41, 5.74) is 1.94. The van der Waals surface area contributed by atoms with Gasteiger partial charge in [-0.05, 0) is 22.9 Å². The number of carbonyl (C=O) groups excluding carboxylic acids is 2. The zero-order valence-electron chi connectivity index (χ0n) is 13.5. The number of hydrogen-bond donors (Lipinski definition) is 0. The average Bonchev–Trinajstić information content (AvgIpc) is 2.90. The summed E-state index contributed by atoms with van der Waals surface area (Å²) in [6.45, 7) is 0.